The average molecular weight is 1640 g/mol. The molecule has 21 heterocycles. The molecule has 45 atom stereocenters. The highest BCUT2D eigenvalue weighted by atomic mass is 16.8. The molecule has 26 N–H and O–H groups in total. The van der Waals surface area contributed by atoms with Crippen molar-refractivity contribution in [3.63, 3.8) is 0 Å². The summed E-state index contributed by atoms with van der Waals surface area (Å²) in [5, 5.41) is 261. The van der Waals surface area contributed by atoms with E-state index in [2.05, 4.69) is 42.0 Å². The topological polar surface area (TPSA) is 639 Å². The molecule has 21 saturated heterocycles. The third-order valence-electron chi connectivity index (χ3n) is 26.9. The SMILES string of the molecule is C[C@H](CCC(=O)NCCNCCNCCNC[C@H]1O[C@@H]2O[C@H]3[C@H](O)[C@@H](O)[C@@H](O[C@H]4[C@H](O)[C@@H](O)[C@@H](O[C@H]5[C@H](O)[C@@H](O)[C@@H](O[C@H]6[C@H](O)[C@@H](O)[C@@H](O[C@H]7[C@H](O)[C@@H](O)[C@@H](O[C@H]8[C@H](O)[C@@H](O)[C@@H](O[C@H]1[C@H](O)[C@H]2O)O[C@@H]8CO)O[C@@H]7CO)O[C@@H]6CO)O[C@@H]5CO)O[C@@H]4CO)O[C@@H]3CO)[C@H]1CC[C@H]2[C@@H]3CC[C@@H]4C[C@H](O)CC[C@]4(C)[C@H]3C[C@H](O)[C@]12C. The van der Waals surface area contributed by atoms with Crippen LogP contribution in [-0.2, 0) is 71.1 Å². The Kier molecular flexibility index (Phi) is 31.1. The van der Waals surface area contributed by atoms with Crippen LogP contribution in [0.2, 0.25) is 0 Å². The fraction of sp³-hybridized carbons (Fsp3) is 0.986. The van der Waals surface area contributed by atoms with E-state index < -0.39 is 261 Å². The second kappa shape index (κ2) is 39.0. The molecule has 0 aromatic rings. The summed E-state index contributed by atoms with van der Waals surface area (Å²) in [4.78, 5) is 13.2. The van der Waals surface area contributed by atoms with Gasteiger partial charge in [-0.25, -0.2) is 0 Å². The lowest BCUT2D eigenvalue weighted by atomic mass is 9.43. The Morgan fingerprint density at radius 1 is 0.363 bits per heavy atom. The van der Waals surface area contributed by atoms with Gasteiger partial charge in [0.05, 0.1) is 51.8 Å². The maximum absolute atomic E-state index is 13.2. The summed E-state index contributed by atoms with van der Waals surface area (Å²) >= 11 is 0. The number of rotatable bonds is 21. The van der Waals surface area contributed by atoms with Crippen LogP contribution in [0, 0.1) is 46.3 Å². The van der Waals surface area contributed by atoms with Crippen LogP contribution in [0.5, 0.6) is 0 Å². The highest BCUT2D eigenvalue weighted by Crippen LogP contribution is 2.68. The first kappa shape index (κ1) is 90.2. The number of hydrogen-bond donors (Lipinski definition) is 26. The number of hydrogen-bond acceptors (Lipinski definition) is 40. The standard InChI is InChI=1S/C72H124N4O37/c1-27(31-7-8-32-30-6-5-28-18-29(83)10-11-71(28,2)33(30)19-41(84)72(31,32)3)4-9-42(85)76-17-16-74-13-12-73-14-15-75-20-34-57-43(86)50(93)64(100-34)108-58-35(21-77)102-66(52(95)45(58)88)110-60-37(23-79)104-68(54(97)47(60)90)112-62-39(25-81)106-70(56(99)49(62)92)113-63-40(26-82)105-69(55(98)48(63)91)111-61-38(24-80)103-67(53(96)46(61)89)109-59-36(22-78)101-65(107-57)51(94)44(59)87/h27-41,43-70,73-75,77-84,86-99H,4-26H2,1-3H3,(H,76,85)/t27-,28-,29-,30+,31-,32+,33+,34-,35-,36-,37-,38-,39-,40-,41+,43-,44-,45-,46-,47-,48-,49-,50-,51-,52-,53-,54-,55-,56-,57-,58-,59-,60-,61-,62-,63-,64-,65-,66-,67-,68-,69-,70-,71+,72-/m1/s1. The van der Waals surface area contributed by atoms with E-state index in [-0.39, 0.29) is 41.8 Å². The van der Waals surface area contributed by atoms with E-state index in [0.29, 0.717) is 75.2 Å². The molecule has 4 saturated carbocycles. The molecule has 25 aliphatic rings. The quantitative estimate of drug-likeness (QED) is 0.0475. The third-order valence-corrected chi connectivity index (χ3v) is 26.9. The first-order valence-corrected chi connectivity index (χ1v) is 40.1. The number of amides is 1. The van der Waals surface area contributed by atoms with Crippen LogP contribution in [0.25, 0.3) is 0 Å². The molecule has 41 heteroatoms. The fourth-order valence-electron chi connectivity index (χ4n) is 20.4. The minimum absolute atomic E-state index is 0.0527. The Balaban J connectivity index is 0.684. The van der Waals surface area contributed by atoms with Gasteiger partial charge in [-0.3, -0.25) is 4.79 Å². The van der Waals surface area contributed by atoms with Gasteiger partial charge in [-0.2, -0.15) is 0 Å². The minimum Gasteiger partial charge on any atom is -0.394 e. The van der Waals surface area contributed by atoms with Gasteiger partial charge in [-0.15, -0.1) is 0 Å². The monoisotopic (exact) mass is 1640 g/mol. The van der Waals surface area contributed by atoms with Gasteiger partial charge in [-0.05, 0) is 104 Å². The zero-order valence-electron chi connectivity index (χ0n) is 63.6. The van der Waals surface area contributed by atoms with Gasteiger partial charge >= 0.3 is 0 Å². The highest BCUT2D eigenvalue weighted by molar-refractivity contribution is 5.75. The smallest absolute Gasteiger partial charge is 0.220 e. The number of carbonyl (C=O) groups is 1. The Bertz CT molecular complexity index is 2940. The molecule has 0 aromatic carbocycles. The van der Waals surface area contributed by atoms with Crippen LogP contribution >= 0.6 is 0 Å². The Morgan fingerprint density at radius 3 is 1.03 bits per heavy atom. The lowest BCUT2D eigenvalue weighted by molar-refractivity contribution is -0.396. The summed E-state index contributed by atoms with van der Waals surface area (Å²) in [5.74, 6) is 2.46. The molecule has 0 unspecified atom stereocenters. The van der Waals surface area contributed by atoms with Crippen molar-refractivity contribution in [1.29, 1.82) is 0 Å². The number of ether oxygens (including phenoxy) is 14. The molecule has 41 nitrogen and oxygen atoms in total. The van der Waals surface area contributed by atoms with Gasteiger partial charge in [-0.1, -0.05) is 20.8 Å². The predicted octanol–water partition coefficient (Wildman–Crippen LogP) is -11.9. The van der Waals surface area contributed by atoms with E-state index in [1.807, 2.05) is 0 Å². The van der Waals surface area contributed by atoms with Crippen LogP contribution in [0.1, 0.15) is 85.0 Å². The number of carbonyl (C=O) groups excluding carboxylic acids is 1. The third kappa shape index (κ3) is 18.5. The highest BCUT2D eigenvalue weighted by Gasteiger charge is 2.65. The van der Waals surface area contributed by atoms with Crippen molar-refractivity contribution in [2.45, 2.75) is 312 Å². The number of aliphatic hydroxyl groups excluding tert-OH is 22. The normalized spacial score (nSPS) is 51.5. The molecule has 14 bridgehead atoms. The first-order chi connectivity index (χ1) is 54.0. The summed E-state index contributed by atoms with van der Waals surface area (Å²) in [6, 6.07) is 0. The van der Waals surface area contributed by atoms with Gasteiger partial charge in [0, 0.05) is 52.2 Å². The molecule has 25 rings (SSSR count). The van der Waals surface area contributed by atoms with Crippen molar-refractivity contribution >= 4 is 5.91 Å². The number of nitrogens with one attached hydrogen (secondary N) is 4. The van der Waals surface area contributed by atoms with E-state index in [4.69, 9.17) is 66.3 Å². The van der Waals surface area contributed by atoms with Crippen LogP contribution in [0.3, 0.4) is 0 Å². The molecule has 0 aromatic heterocycles. The predicted molar refractivity (Wildman–Crippen MR) is 374 cm³/mol. The molecule has 654 valence electrons. The molecule has 21 aliphatic heterocycles. The fourth-order valence-corrected chi connectivity index (χ4v) is 20.4. The van der Waals surface area contributed by atoms with Gasteiger partial charge in [0.2, 0.25) is 5.91 Å². The number of aliphatic hydroxyl groups is 22. The van der Waals surface area contributed by atoms with Crippen molar-refractivity contribution in [3.8, 4) is 0 Å². The largest absolute Gasteiger partial charge is 0.394 e. The van der Waals surface area contributed by atoms with Gasteiger partial charge in [0.25, 0.3) is 0 Å². The Hall–Kier alpha value is -2.09. The lowest BCUT2D eigenvalue weighted by Gasteiger charge is -2.62. The van der Waals surface area contributed by atoms with Crippen LogP contribution < -0.4 is 21.3 Å². The van der Waals surface area contributed by atoms with Crippen LogP contribution in [0.15, 0.2) is 0 Å². The molecular weight excluding hydrogens is 1510 g/mol. The first-order valence-electron chi connectivity index (χ1n) is 40.1. The minimum atomic E-state index is -2.22. The van der Waals surface area contributed by atoms with Gasteiger partial charge in [0.15, 0.2) is 44.0 Å². The zero-order chi connectivity index (χ0) is 81.4. The van der Waals surface area contributed by atoms with Crippen LogP contribution in [-0.4, -0.2) is 431 Å². The maximum atomic E-state index is 13.2. The second-order valence-corrected chi connectivity index (χ2v) is 33.4. The molecule has 113 heavy (non-hydrogen) atoms. The van der Waals surface area contributed by atoms with Crippen molar-refractivity contribution in [2.75, 3.05) is 85.5 Å². The van der Waals surface area contributed by atoms with E-state index >= 15 is 0 Å². The molecule has 25 fully saturated rings. The summed E-state index contributed by atoms with van der Waals surface area (Å²) < 4.78 is 82.2. The molecular formula is C72H124N4O37. The summed E-state index contributed by atoms with van der Waals surface area (Å²) in [7, 11) is 0. The summed E-state index contributed by atoms with van der Waals surface area (Å²) in [6.45, 7) is 2.65. The van der Waals surface area contributed by atoms with Crippen molar-refractivity contribution in [1.82, 2.24) is 21.3 Å². The van der Waals surface area contributed by atoms with E-state index in [1.54, 1.807) is 0 Å². The molecule has 1 amide bonds. The molecule has 0 radical (unpaired) electrons. The Morgan fingerprint density at radius 2 is 0.681 bits per heavy atom. The van der Waals surface area contributed by atoms with E-state index in [9.17, 15) is 117 Å². The van der Waals surface area contributed by atoms with E-state index in [0.717, 1.165) is 51.4 Å². The summed E-state index contributed by atoms with van der Waals surface area (Å²) in [5.41, 5.74) is -0.0613. The van der Waals surface area contributed by atoms with Crippen molar-refractivity contribution in [3.05, 3.63) is 0 Å². The zero-order valence-corrected chi connectivity index (χ0v) is 63.6. The van der Waals surface area contributed by atoms with Gasteiger partial charge in [0.1, 0.15) is 171 Å². The van der Waals surface area contributed by atoms with Gasteiger partial charge < -0.3 is 200 Å². The molecule has 4 aliphatic carbocycles. The van der Waals surface area contributed by atoms with Crippen molar-refractivity contribution < 1.29 is 183 Å². The van der Waals surface area contributed by atoms with Crippen molar-refractivity contribution in [2.24, 2.45) is 46.3 Å². The second-order valence-electron chi connectivity index (χ2n) is 33.4. The van der Waals surface area contributed by atoms with E-state index in [1.165, 1.54) is 0 Å². The lowest BCUT2D eigenvalue weighted by Crippen LogP contribution is -2.68. The summed E-state index contributed by atoms with van der Waals surface area (Å²) in [6.07, 6.45) is -61.8. The average Bonchev–Trinajstić information content (AvgIpc) is 1.57. The molecule has 0 spiro atoms. The van der Waals surface area contributed by atoms with Crippen LogP contribution in [0.4, 0.5) is 0 Å². The Labute approximate surface area is 652 Å². The number of fused-ring (bicyclic) bond motifs is 5. The maximum Gasteiger partial charge on any atom is 0.220 e.